The number of thiazole rings is 1. The lowest BCUT2D eigenvalue weighted by Gasteiger charge is -1.99. The first-order chi connectivity index (χ1) is 10.0. The Hall–Kier alpha value is -1.21. The van der Waals surface area contributed by atoms with Crippen LogP contribution < -0.4 is 0 Å². The number of hydrogen-bond donors (Lipinski definition) is 0. The van der Waals surface area contributed by atoms with Gasteiger partial charge in [0, 0.05) is 4.88 Å². The normalized spacial score (nSPS) is 15.7. The fraction of sp³-hybridized carbons (Fsp3) is 0.571. The van der Waals surface area contributed by atoms with Crippen LogP contribution in [-0.2, 0) is 34.2 Å². The number of oxazole rings is 1. The van der Waals surface area contributed by atoms with Crippen molar-refractivity contribution in [2.45, 2.75) is 50.5 Å². The highest BCUT2D eigenvalue weighted by molar-refractivity contribution is 7.89. The van der Waals surface area contributed by atoms with Crippen LogP contribution in [0.2, 0.25) is 0 Å². The van der Waals surface area contributed by atoms with E-state index in [9.17, 15) is 8.42 Å². The monoisotopic (exact) mass is 326 g/mol. The maximum atomic E-state index is 12.2. The molecule has 21 heavy (non-hydrogen) atoms. The molecule has 2 aromatic heterocycles. The van der Waals surface area contributed by atoms with E-state index in [1.165, 1.54) is 23.9 Å². The summed E-state index contributed by atoms with van der Waals surface area (Å²) in [6.07, 6.45) is 7.11. The fourth-order valence-corrected chi connectivity index (χ4v) is 5.32. The largest absolute Gasteiger partial charge is 0.445 e. The number of fused-ring (bicyclic) bond motifs is 1. The zero-order valence-electron chi connectivity index (χ0n) is 12.0. The van der Waals surface area contributed by atoms with Gasteiger partial charge in [0.05, 0.1) is 11.9 Å². The van der Waals surface area contributed by atoms with Crippen molar-refractivity contribution in [2.24, 2.45) is 0 Å². The third-order valence-corrected chi connectivity index (χ3v) is 6.24. The van der Waals surface area contributed by atoms with Gasteiger partial charge in [0.1, 0.15) is 22.3 Å². The molecule has 0 amide bonds. The van der Waals surface area contributed by atoms with E-state index in [0.717, 1.165) is 25.0 Å². The molecule has 0 radical (unpaired) electrons. The summed E-state index contributed by atoms with van der Waals surface area (Å²) in [5.41, 5.74) is 1.11. The maximum Gasteiger partial charge on any atom is 0.209 e. The van der Waals surface area contributed by atoms with Crippen molar-refractivity contribution in [3.63, 3.8) is 0 Å². The fourth-order valence-electron chi connectivity index (χ4n) is 2.54. The molecule has 2 heterocycles. The second kappa shape index (κ2) is 5.88. The van der Waals surface area contributed by atoms with Crippen molar-refractivity contribution in [1.29, 1.82) is 0 Å². The number of rotatable bonds is 4. The second-order valence-corrected chi connectivity index (χ2v) is 8.67. The second-order valence-electron chi connectivity index (χ2n) is 5.44. The van der Waals surface area contributed by atoms with Crippen molar-refractivity contribution < 1.29 is 12.8 Å². The minimum atomic E-state index is -3.29. The van der Waals surface area contributed by atoms with Gasteiger partial charge in [0.25, 0.3) is 0 Å². The van der Waals surface area contributed by atoms with E-state index in [1.54, 1.807) is 18.3 Å². The summed E-state index contributed by atoms with van der Waals surface area (Å²) in [6.45, 7) is 1.75. The molecule has 0 aliphatic heterocycles. The summed E-state index contributed by atoms with van der Waals surface area (Å²) >= 11 is 1.55. The number of hydrogen-bond acceptors (Lipinski definition) is 6. The lowest BCUT2D eigenvalue weighted by atomic mass is 10.2. The first kappa shape index (κ1) is 14.7. The van der Waals surface area contributed by atoms with E-state index in [0.29, 0.717) is 10.8 Å². The topological polar surface area (TPSA) is 73.1 Å². The van der Waals surface area contributed by atoms with Gasteiger partial charge in [-0.1, -0.05) is 6.42 Å². The van der Waals surface area contributed by atoms with Crippen LogP contribution in [0.25, 0.3) is 0 Å². The van der Waals surface area contributed by atoms with Gasteiger partial charge in [0.15, 0.2) is 9.84 Å². The van der Waals surface area contributed by atoms with Crippen LogP contribution in [0.1, 0.15) is 46.5 Å². The third kappa shape index (κ3) is 3.71. The summed E-state index contributed by atoms with van der Waals surface area (Å²) in [7, 11) is -3.29. The first-order valence-electron chi connectivity index (χ1n) is 7.11. The average molecular weight is 326 g/mol. The summed E-state index contributed by atoms with van der Waals surface area (Å²) in [4.78, 5) is 9.76. The Kier molecular flexibility index (Phi) is 4.12. The van der Waals surface area contributed by atoms with Gasteiger partial charge in [-0.25, -0.2) is 18.4 Å². The molecular formula is C14H18N2O3S2. The van der Waals surface area contributed by atoms with Crippen LogP contribution in [0, 0.1) is 6.92 Å². The van der Waals surface area contributed by atoms with Gasteiger partial charge in [-0.15, -0.1) is 11.3 Å². The Labute approximate surface area is 128 Å². The number of sulfone groups is 1. The van der Waals surface area contributed by atoms with Crippen molar-refractivity contribution in [3.05, 3.63) is 33.4 Å². The molecule has 3 rings (SSSR count). The minimum Gasteiger partial charge on any atom is -0.445 e. The molecule has 114 valence electrons. The van der Waals surface area contributed by atoms with Gasteiger partial charge in [-0.2, -0.15) is 0 Å². The molecule has 0 atom stereocenters. The van der Waals surface area contributed by atoms with Crippen LogP contribution in [0.5, 0.6) is 0 Å². The molecule has 0 fully saturated rings. The Bertz CT molecular complexity index is 708. The first-order valence-corrected chi connectivity index (χ1v) is 9.75. The molecule has 0 spiro atoms. The van der Waals surface area contributed by atoms with Crippen LogP contribution in [0.3, 0.4) is 0 Å². The Balaban J connectivity index is 1.73. The summed E-state index contributed by atoms with van der Waals surface area (Å²) in [5.74, 6) is 0.698. The van der Waals surface area contributed by atoms with Gasteiger partial charge in [-0.05, 0) is 32.6 Å². The Morgan fingerprint density at radius 2 is 2.05 bits per heavy atom. The Morgan fingerprint density at radius 3 is 2.81 bits per heavy atom. The molecule has 5 nitrogen and oxygen atoms in total. The quantitative estimate of drug-likeness (QED) is 0.808. The van der Waals surface area contributed by atoms with E-state index in [-0.39, 0.29) is 17.4 Å². The predicted octanol–water partition coefficient (Wildman–Crippen LogP) is 2.82. The predicted molar refractivity (Wildman–Crippen MR) is 80.9 cm³/mol. The lowest BCUT2D eigenvalue weighted by Crippen LogP contribution is -2.07. The molecule has 0 N–H and O–H groups in total. The molecule has 2 aromatic rings. The zero-order chi connectivity index (χ0) is 14.9. The molecule has 0 saturated carbocycles. The highest BCUT2D eigenvalue weighted by atomic mass is 32.2. The van der Waals surface area contributed by atoms with Crippen LogP contribution in [0.4, 0.5) is 0 Å². The maximum absolute atomic E-state index is 12.2. The van der Waals surface area contributed by atoms with Gasteiger partial charge in [0.2, 0.25) is 5.89 Å². The standard InChI is InChI=1S/C14H18N2O3S2/c1-10-7-15-13(19-10)8-21(17,18)9-14-16-11-5-3-2-4-6-12(11)20-14/h7H,2-6,8-9H2,1H3. The molecule has 0 aromatic carbocycles. The van der Waals surface area contributed by atoms with Gasteiger partial charge < -0.3 is 4.42 Å². The highest BCUT2D eigenvalue weighted by Gasteiger charge is 2.21. The van der Waals surface area contributed by atoms with E-state index in [2.05, 4.69) is 9.97 Å². The molecule has 0 unspecified atom stereocenters. The van der Waals surface area contributed by atoms with E-state index >= 15 is 0 Å². The number of aromatic nitrogens is 2. The number of aryl methyl sites for hydroxylation is 3. The smallest absolute Gasteiger partial charge is 0.209 e. The van der Waals surface area contributed by atoms with Crippen molar-refractivity contribution in [1.82, 2.24) is 9.97 Å². The van der Waals surface area contributed by atoms with Gasteiger partial charge in [-0.3, -0.25) is 0 Å². The van der Waals surface area contributed by atoms with E-state index in [1.807, 2.05) is 0 Å². The highest BCUT2D eigenvalue weighted by Crippen LogP contribution is 2.27. The molecule has 1 aliphatic rings. The van der Waals surface area contributed by atoms with Crippen LogP contribution in [-0.4, -0.2) is 18.4 Å². The molecule has 0 bridgehead atoms. The van der Waals surface area contributed by atoms with Crippen LogP contribution >= 0.6 is 11.3 Å². The number of nitrogens with zero attached hydrogens (tertiary/aromatic N) is 2. The van der Waals surface area contributed by atoms with Crippen molar-refractivity contribution >= 4 is 21.2 Å². The zero-order valence-corrected chi connectivity index (χ0v) is 13.6. The van der Waals surface area contributed by atoms with Crippen molar-refractivity contribution in [2.75, 3.05) is 0 Å². The summed E-state index contributed by atoms with van der Waals surface area (Å²) in [6, 6.07) is 0. The van der Waals surface area contributed by atoms with E-state index < -0.39 is 9.84 Å². The van der Waals surface area contributed by atoms with E-state index in [4.69, 9.17) is 4.42 Å². The van der Waals surface area contributed by atoms with Gasteiger partial charge >= 0.3 is 0 Å². The molecular weight excluding hydrogens is 308 g/mol. The van der Waals surface area contributed by atoms with Crippen molar-refractivity contribution in [3.8, 4) is 0 Å². The molecule has 1 aliphatic carbocycles. The minimum absolute atomic E-state index is 0.0217. The Morgan fingerprint density at radius 1 is 1.24 bits per heavy atom. The summed E-state index contributed by atoms with van der Waals surface area (Å²) < 4.78 is 29.7. The van der Waals surface area contributed by atoms with Crippen LogP contribution in [0.15, 0.2) is 10.6 Å². The third-order valence-electron chi connectivity index (χ3n) is 3.50. The lowest BCUT2D eigenvalue weighted by molar-refractivity contribution is 0.484. The summed E-state index contributed by atoms with van der Waals surface area (Å²) in [5, 5.41) is 0.699. The molecule has 7 heteroatoms. The molecule has 0 saturated heterocycles. The average Bonchev–Trinajstić information content (AvgIpc) is 2.88. The SMILES string of the molecule is Cc1cnc(CS(=O)(=O)Cc2nc3c(s2)CCCCC3)o1.